The van der Waals surface area contributed by atoms with Gasteiger partial charge in [-0.3, -0.25) is 0 Å². The molecule has 0 N–H and O–H groups in total. The van der Waals surface area contributed by atoms with E-state index < -0.39 is 17.9 Å². The van der Waals surface area contributed by atoms with E-state index in [1.165, 1.54) is 14.2 Å². The maximum atomic E-state index is 12.6. The van der Waals surface area contributed by atoms with Crippen molar-refractivity contribution >= 4 is 35.1 Å². The van der Waals surface area contributed by atoms with Crippen molar-refractivity contribution in [3.8, 4) is 0 Å². The van der Waals surface area contributed by atoms with E-state index in [-0.39, 0.29) is 6.10 Å². The zero-order valence-electron chi connectivity index (χ0n) is 15.6. The first kappa shape index (κ1) is 20.7. The normalized spacial score (nSPS) is 19.9. The molecule has 2 heterocycles. The van der Waals surface area contributed by atoms with Gasteiger partial charge in [0.1, 0.15) is 0 Å². The van der Waals surface area contributed by atoms with Crippen LogP contribution in [0.2, 0.25) is 10.0 Å². The van der Waals surface area contributed by atoms with E-state index in [0.717, 1.165) is 12.8 Å². The van der Waals surface area contributed by atoms with Gasteiger partial charge in [0, 0.05) is 25.6 Å². The second-order valence-electron chi connectivity index (χ2n) is 6.59. The van der Waals surface area contributed by atoms with Gasteiger partial charge in [0.15, 0.2) is 0 Å². The average molecular weight is 426 g/mol. The summed E-state index contributed by atoms with van der Waals surface area (Å²) in [5.41, 5.74) is 1.25. The molecule has 6 nitrogen and oxygen atoms in total. The molecule has 1 atom stereocenters. The fourth-order valence-electron chi connectivity index (χ4n) is 3.47. The van der Waals surface area contributed by atoms with Crippen LogP contribution in [0.3, 0.4) is 0 Å². The van der Waals surface area contributed by atoms with Crippen molar-refractivity contribution in [2.75, 3.05) is 27.4 Å². The van der Waals surface area contributed by atoms with Crippen LogP contribution in [0.25, 0.3) is 0 Å². The molecular weight excluding hydrogens is 405 g/mol. The molecule has 1 saturated heterocycles. The molecule has 8 heteroatoms. The summed E-state index contributed by atoms with van der Waals surface area (Å²) in [5, 5.41) is 0.711. The van der Waals surface area contributed by atoms with Gasteiger partial charge in [0.2, 0.25) is 0 Å². The first-order valence-electron chi connectivity index (χ1n) is 8.87. The standard InChI is InChI=1S/C20H21Cl2NO5/c1-26-19(24)14-10-23(9-13-4-3-7-28-13)11-15(20(25)27-2)18(14)12-5-6-16(21)17(22)8-12/h5-6,8,10-11,13,18H,3-4,7,9H2,1-2H3/t13-/m1/s1. The largest absolute Gasteiger partial charge is 0.466 e. The van der Waals surface area contributed by atoms with Crippen LogP contribution in [-0.4, -0.2) is 50.3 Å². The molecular formula is C20H21Cl2NO5. The number of methoxy groups -OCH3 is 2. The Morgan fingerprint density at radius 2 is 1.75 bits per heavy atom. The zero-order chi connectivity index (χ0) is 20.3. The van der Waals surface area contributed by atoms with E-state index in [0.29, 0.717) is 39.9 Å². The third-order valence-electron chi connectivity index (χ3n) is 4.79. The van der Waals surface area contributed by atoms with E-state index in [4.69, 9.17) is 37.4 Å². The van der Waals surface area contributed by atoms with Gasteiger partial charge in [-0.1, -0.05) is 29.3 Å². The third kappa shape index (κ3) is 4.35. The van der Waals surface area contributed by atoms with Crippen molar-refractivity contribution < 1.29 is 23.8 Å². The van der Waals surface area contributed by atoms with Crippen LogP contribution >= 0.6 is 23.2 Å². The number of hydrogen-bond donors (Lipinski definition) is 0. The van der Waals surface area contributed by atoms with Gasteiger partial charge in [0.05, 0.1) is 47.4 Å². The fraction of sp³-hybridized carbons (Fsp3) is 0.400. The number of nitrogens with zero attached hydrogens (tertiary/aromatic N) is 1. The molecule has 0 radical (unpaired) electrons. The Bertz CT molecular complexity index is 796. The Hall–Kier alpha value is -2.02. The van der Waals surface area contributed by atoms with Crippen LogP contribution in [0.15, 0.2) is 41.7 Å². The molecule has 0 amide bonds. The van der Waals surface area contributed by atoms with Gasteiger partial charge in [-0.05, 0) is 30.5 Å². The first-order valence-corrected chi connectivity index (χ1v) is 9.62. The molecule has 0 aromatic heterocycles. The van der Waals surface area contributed by atoms with E-state index in [1.54, 1.807) is 35.5 Å². The predicted molar refractivity (Wildman–Crippen MR) is 105 cm³/mol. The Morgan fingerprint density at radius 3 is 2.25 bits per heavy atom. The van der Waals surface area contributed by atoms with Crippen molar-refractivity contribution in [1.82, 2.24) is 4.90 Å². The Balaban J connectivity index is 2.05. The number of halogens is 2. The minimum absolute atomic E-state index is 0.0341. The zero-order valence-corrected chi connectivity index (χ0v) is 17.1. The summed E-state index contributed by atoms with van der Waals surface area (Å²) in [6.07, 6.45) is 5.33. The minimum atomic E-state index is -0.685. The quantitative estimate of drug-likeness (QED) is 0.670. The lowest BCUT2D eigenvalue weighted by Crippen LogP contribution is -2.32. The van der Waals surface area contributed by atoms with Gasteiger partial charge in [-0.25, -0.2) is 9.59 Å². The molecule has 0 saturated carbocycles. The summed E-state index contributed by atoms with van der Waals surface area (Å²) in [6, 6.07) is 4.99. The second-order valence-corrected chi connectivity index (χ2v) is 7.40. The number of benzene rings is 1. The smallest absolute Gasteiger partial charge is 0.336 e. The summed E-state index contributed by atoms with van der Waals surface area (Å²) in [6.45, 7) is 1.24. The van der Waals surface area contributed by atoms with E-state index in [2.05, 4.69) is 0 Å². The molecule has 2 aliphatic rings. The lowest BCUT2D eigenvalue weighted by Gasteiger charge is -2.31. The van der Waals surface area contributed by atoms with Crippen molar-refractivity contribution in [1.29, 1.82) is 0 Å². The Labute approximate surface area is 173 Å². The number of carbonyl (C=O) groups excluding carboxylic acids is 2. The average Bonchev–Trinajstić information content (AvgIpc) is 3.21. The van der Waals surface area contributed by atoms with Crippen molar-refractivity contribution in [2.24, 2.45) is 0 Å². The Kier molecular flexibility index (Phi) is 6.65. The first-order chi connectivity index (χ1) is 13.4. The molecule has 1 fully saturated rings. The lowest BCUT2D eigenvalue weighted by molar-refractivity contribution is -0.137. The van der Waals surface area contributed by atoms with Crippen molar-refractivity contribution in [3.05, 3.63) is 57.4 Å². The van der Waals surface area contributed by atoms with Crippen molar-refractivity contribution in [2.45, 2.75) is 24.9 Å². The highest BCUT2D eigenvalue weighted by Gasteiger charge is 2.36. The van der Waals surface area contributed by atoms with Crippen LogP contribution in [0, 0.1) is 0 Å². The van der Waals surface area contributed by atoms with Crippen LogP contribution in [-0.2, 0) is 23.8 Å². The summed E-state index contributed by atoms with van der Waals surface area (Å²) >= 11 is 12.2. The molecule has 0 spiro atoms. The summed E-state index contributed by atoms with van der Waals surface area (Å²) in [5.74, 6) is -1.76. The topological polar surface area (TPSA) is 65.1 Å². The molecule has 150 valence electrons. The Morgan fingerprint density at radius 1 is 1.11 bits per heavy atom. The highest BCUT2D eigenvalue weighted by molar-refractivity contribution is 6.42. The maximum absolute atomic E-state index is 12.6. The van der Waals surface area contributed by atoms with E-state index >= 15 is 0 Å². The summed E-state index contributed by atoms with van der Waals surface area (Å²) in [4.78, 5) is 26.9. The van der Waals surface area contributed by atoms with Gasteiger partial charge in [-0.2, -0.15) is 0 Å². The molecule has 1 aromatic carbocycles. The number of esters is 2. The van der Waals surface area contributed by atoms with E-state index in [9.17, 15) is 9.59 Å². The highest BCUT2D eigenvalue weighted by Crippen LogP contribution is 2.39. The summed E-state index contributed by atoms with van der Waals surface area (Å²) in [7, 11) is 2.60. The number of carbonyl (C=O) groups is 2. The molecule has 0 bridgehead atoms. The molecule has 0 unspecified atom stereocenters. The molecule has 3 rings (SSSR count). The second kappa shape index (κ2) is 8.99. The maximum Gasteiger partial charge on any atom is 0.336 e. The van der Waals surface area contributed by atoms with Gasteiger partial charge in [0.25, 0.3) is 0 Å². The van der Waals surface area contributed by atoms with Gasteiger partial charge >= 0.3 is 11.9 Å². The van der Waals surface area contributed by atoms with E-state index in [1.807, 2.05) is 0 Å². The minimum Gasteiger partial charge on any atom is -0.466 e. The van der Waals surface area contributed by atoms with Gasteiger partial charge < -0.3 is 19.1 Å². The van der Waals surface area contributed by atoms with Crippen LogP contribution in [0.4, 0.5) is 0 Å². The highest BCUT2D eigenvalue weighted by atomic mass is 35.5. The number of ether oxygens (including phenoxy) is 3. The summed E-state index contributed by atoms with van der Waals surface area (Å²) < 4.78 is 15.6. The van der Waals surface area contributed by atoms with Crippen molar-refractivity contribution in [3.63, 3.8) is 0 Å². The van der Waals surface area contributed by atoms with Crippen LogP contribution in [0.1, 0.15) is 24.3 Å². The molecule has 2 aliphatic heterocycles. The van der Waals surface area contributed by atoms with Gasteiger partial charge in [-0.15, -0.1) is 0 Å². The molecule has 0 aliphatic carbocycles. The number of rotatable bonds is 5. The monoisotopic (exact) mass is 425 g/mol. The third-order valence-corrected chi connectivity index (χ3v) is 5.53. The fourth-order valence-corrected chi connectivity index (χ4v) is 3.77. The van der Waals surface area contributed by atoms with Crippen LogP contribution < -0.4 is 0 Å². The predicted octanol–water partition coefficient (Wildman–Crippen LogP) is 3.69. The number of hydrogen-bond acceptors (Lipinski definition) is 6. The molecule has 28 heavy (non-hydrogen) atoms. The SMILES string of the molecule is COC(=O)C1=CN(C[C@H]2CCCO2)C=C(C(=O)OC)C1c1ccc(Cl)c(Cl)c1. The molecule has 1 aromatic rings. The lowest BCUT2D eigenvalue weighted by atomic mass is 9.83. The van der Waals surface area contributed by atoms with Crippen LogP contribution in [0.5, 0.6) is 0 Å².